The van der Waals surface area contributed by atoms with E-state index >= 15 is 0 Å². The molecule has 2 aliphatic rings. The molecule has 150 valence electrons. The van der Waals surface area contributed by atoms with Gasteiger partial charge in [-0.3, -0.25) is 20.5 Å². The van der Waals surface area contributed by atoms with Crippen molar-refractivity contribution in [2.45, 2.75) is 71.1 Å². The quantitative estimate of drug-likeness (QED) is 0.834. The van der Waals surface area contributed by atoms with Crippen LogP contribution in [-0.2, 0) is 6.54 Å². The number of nitrogens with one attached hydrogen (secondary N) is 2. The van der Waals surface area contributed by atoms with E-state index in [2.05, 4.69) is 48.7 Å². The Kier molecular flexibility index (Phi) is 6.90. The lowest BCUT2D eigenvalue weighted by molar-refractivity contribution is 0.0679. The van der Waals surface area contributed by atoms with Crippen LogP contribution >= 0.6 is 0 Å². The third-order valence-electron chi connectivity index (χ3n) is 6.49. The number of benzene rings is 1. The monoisotopic (exact) mass is 372 g/mol. The van der Waals surface area contributed by atoms with E-state index in [1.807, 2.05) is 24.1 Å². The number of hydrazine groups is 1. The van der Waals surface area contributed by atoms with E-state index in [0.29, 0.717) is 18.0 Å². The number of carbonyl (C=O) groups excluding carboxylic acids is 1. The molecular formula is C22H36N4O. The molecule has 0 spiro atoms. The first-order valence-corrected chi connectivity index (χ1v) is 10.6. The van der Waals surface area contributed by atoms with Gasteiger partial charge in [0.15, 0.2) is 0 Å². The van der Waals surface area contributed by atoms with Crippen LogP contribution in [0.25, 0.3) is 0 Å². The second-order valence-corrected chi connectivity index (χ2v) is 8.49. The molecule has 1 aromatic rings. The second-order valence-electron chi connectivity index (χ2n) is 8.49. The van der Waals surface area contributed by atoms with E-state index in [1.54, 1.807) is 0 Å². The van der Waals surface area contributed by atoms with Crippen LogP contribution in [0.3, 0.4) is 0 Å². The molecule has 2 N–H and O–H groups in total. The molecule has 0 bridgehead atoms. The average molecular weight is 373 g/mol. The predicted octanol–water partition coefficient (Wildman–Crippen LogP) is 3.02. The highest BCUT2D eigenvalue weighted by atomic mass is 16.2. The Morgan fingerprint density at radius 1 is 1.07 bits per heavy atom. The molecule has 0 saturated carbocycles. The number of amides is 1. The van der Waals surface area contributed by atoms with E-state index in [4.69, 9.17) is 0 Å². The summed E-state index contributed by atoms with van der Waals surface area (Å²) < 4.78 is 0. The first-order valence-electron chi connectivity index (χ1n) is 10.6. The van der Waals surface area contributed by atoms with Crippen LogP contribution in [0.1, 0.15) is 62.4 Å². The Bertz CT molecular complexity index is 599. The number of hydrogen-bond acceptors (Lipinski definition) is 4. The molecular weight excluding hydrogens is 336 g/mol. The van der Waals surface area contributed by atoms with Crippen LogP contribution < -0.4 is 10.9 Å². The summed E-state index contributed by atoms with van der Waals surface area (Å²) in [5, 5.41) is 0. The van der Waals surface area contributed by atoms with Gasteiger partial charge in [0.25, 0.3) is 5.91 Å². The van der Waals surface area contributed by atoms with Crippen molar-refractivity contribution in [3.8, 4) is 0 Å². The van der Waals surface area contributed by atoms with Crippen LogP contribution in [-0.4, -0.2) is 54.0 Å². The van der Waals surface area contributed by atoms with Gasteiger partial charge in [0.05, 0.1) is 0 Å². The molecule has 2 heterocycles. The normalized spacial score (nSPS) is 27.9. The first kappa shape index (κ1) is 20.3. The van der Waals surface area contributed by atoms with Crippen molar-refractivity contribution in [3.63, 3.8) is 0 Å². The van der Waals surface area contributed by atoms with Gasteiger partial charge in [-0.05, 0) is 64.4 Å². The highest BCUT2D eigenvalue weighted by molar-refractivity contribution is 5.94. The van der Waals surface area contributed by atoms with Gasteiger partial charge in [0, 0.05) is 43.2 Å². The van der Waals surface area contributed by atoms with Crippen molar-refractivity contribution in [3.05, 3.63) is 35.4 Å². The lowest BCUT2D eigenvalue weighted by Gasteiger charge is -2.33. The first-order chi connectivity index (χ1) is 13.0. The Morgan fingerprint density at radius 2 is 1.63 bits per heavy atom. The molecule has 2 saturated heterocycles. The number of rotatable bonds is 5. The number of likely N-dealkylation sites (tertiary alicyclic amines) is 1. The zero-order chi connectivity index (χ0) is 19.4. The fourth-order valence-electron chi connectivity index (χ4n) is 4.68. The second kappa shape index (κ2) is 9.18. The molecule has 0 radical (unpaired) electrons. The summed E-state index contributed by atoms with van der Waals surface area (Å²) >= 11 is 0. The van der Waals surface area contributed by atoms with Gasteiger partial charge < -0.3 is 4.90 Å². The summed E-state index contributed by atoms with van der Waals surface area (Å²) in [4.78, 5) is 17.4. The summed E-state index contributed by atoms with van der Waals surface area (Å²) in [5.41, 5.74) is 8.67. The lowest BCUT2D eigenvalue weighted by atomic mass is 9.88. The zero-order valence-electron chi connectivity index (χ0n) is 17.4. The van der Waals surface area contributed by atoms with Gasteiger partial charge >= 0.3 is 0 Å². The van der Waals surface area contributed by atoms with Crippen molar-refractivity contribution < 1.29 is 4.79 Å². The minimum Gasteiger partial charge on any atom is -0.339 e. The highest BCUT2D eigenvalue weighted by Crippen LogP contribution is 2.23. The van der Waals surface area contributed by atoms with Crippen LogP contribution in [0, 0.1) is 5.92 Å². The van der Waals surface area contributed by atoms with E-state index in [-0.39, 0.29) is 11.9 Å². The molecule has 27 heavy (non-hydrogen) atoms. The summed E-state index contributed by atoms with van der Waals surface area (Å²) in [6, 6.07) is 9.11. The third-order valence-corrected chi connectivity index (χ3v) is 6.49. The topological polar surface area (TPSA) is 47.6 Å². The van der Waals surface area contributed by atoms with Crippen LogP contribution in [0.2, 0.25) is 0 Å². The number of nitrogens with zero attached hydrogens (tertiary/aromatic N) is 2. The molecule has 5 nitrogen and oxygen atoms in total. The SMILES string of the molecule is CC1NNC(C)C1C(C)N(C)C(=O)c1ccc(CN2CCCCCC2)cc1. The van der Waals surface area contributed by atoms with E-state index in [1.165, 1.54) is 44.3 Å². The summed E-state index contributed by atoms with van der Waals surface area (Å²) in [7, 11) is 1.93. The van der Waals surface area contributed by atoms with E-state index in [0.717, 1.165) is 12.1 Å². The fraction of sp³-hybridized carbons (Fsp3) is 0.682. The van der Waals surface area contributed by atoms with Crippen molar-refractivity contribution in [1.29, 1.82) is 0 Å². The maximum Gasteiger partial charge on any atom is 0.253 e. The predicted molar refractivity (Wildman–Crippen MR) is 110 cm³/mol. The maximum absolute atomic E-state index is 13.0. The molecule has 0 aromatic heterocycles. The van der Waals surface area contributed by atoms with Gasteiger partial charge in [-0.1, -0.05) is 25.0 Å². The fourth-order valence-corrected chi connectivity index (χ4v) is 4.68. The number of hydrogen-bond donors (Lipinski definition) is 2. The third kappa shape index (κ3) is 4.89. The van der Waals surface area contributed by atoms with Crippen LogP contribution in [0.5, 0.6) is 0 Å². The summed E-state index contributed by atoms with van der Waals surface area (Å²) in [6.07, 6.45) is 5.33. The zero-order valence-corrected chi connectivity index (χ0v) is 17.4. The van der Waals surface area contributed by atoms with Gasteiger partial charge in [0.2, 0.25) is 0 Å². The molecule has 5 heteroatoms. The smallest absolute Gasteiger partial charge is 0.253 e. The Hall–Kier alpha value is -1.43. The minimum atomic E-state index is 0.107. The molecule has 0 aliphatic carbocycles. The molecule has 1 amide bonds. The number of carbonyl (C=O) groups is 1. The van der Waals surface area contributed by atoms with Crippen molar-refractivity contribution in [2.75, 3.05) is 20.1 Å². The summed E-state index contributed by atoms with van der Waals surface area (Å²) in [5.74, 6) is 0.497. The van der Waals surface area contributed by atoms with Gasteiger partial charge in [-0.2, -0.15) is 0 Å². The molecule has 3 atom stereocenters. The molecule has 2 aliphatic heterocycles. The Labute approximate surface area is 164 Å². The van der Waals surface area contributed by atoms with Crippen molar-refractivity contribution in [1.82, 2.24) is 20.7 Å². The standard InChI is InChI=1S/C22H36N4O/c1-16-21(17(2)24-23-16)18(3)25(4)22(27)20-11-9-19(10-12-20)15-26-13-7-5-6-8-14-26/h9-12,16-18,21,23-24H,5-8,13-15H2,1-4H3. The molecule has 1 aromatic carbocycles. The molecule has 3 unspecified atom stereocenters. The summed E-state index contributed by atoms with van der Waals surface area (Å²) in [6.45, 7) is 9.88. The van der Waals surface area contributed by atoms with E-state index in [9.17, 15) is 4.79 Å². The van der Waals surface area contributed by atoms with Crippen molar-refractivity contribution >= 4 is 5.91 Å². The van der Waals surface area contributed by atoms with Crippen LogP contribution in [0.15, 0.2) is 24.3 Å². The maximum atomic E-state index is 13.0. The Morgan fingerprint density at radius 3 is 2.19 bits per heavy atom. The Balaban J connectivity index is 1.61. The molecule has 3 rings (SSSR count). The largest absolute Gasteiger partial charge is 0.339 e. The van der Waals surface area contributed by atoms with Gasteiger partial charge in [-0.25, -0.2) is 0 Å². The van der Waals surface area contributed by atoms with Gasteiger partial charge in [-0.15, -0.1) is 0 Å². The average Bonchev–Trinajstić information content (AvgIpc) is 2.86. The highest BCUT2D eigenvalue weighted by Gasteiger charge is 2.37. The minimum absolute atomic E-state index is 0.107. The van der Waals surface area contributed by atoms with E-state index < -0.39 is 0 Å². The van der Waals surface area contributed by atoms with Gasteiger partial charge in [0.1, 0.15) is 0 Å². The van der Waals surface area contributed by atoms with Crippen molar-refractivity contribution in [2.24, 2.45) is 5.92 Å². The lowest BCUT2D eigenvalue weighted by Crippen LogP contribution is -2.46. The van der Waals surface area contributed by atoms with Crippen LogP contribution in [0.4, 0.5) is 0 Å². The molecule has 2 fully saturated rings.